The van der Waals surface area contributed by atoms with Gasteiger partial charge in [-0.15, -0.1) is 0 Å². The van der Waals surface area contributed by atoms with Gasteiger partial charge in [0, 0.05) is 19.1 Å². The average molecular weight is 269 g/mol. The summed E-state index contributed by atoms with van der Waals surface area (Å²) < 4.78 is 0. The van der Waals surface area contributed by atoms with Crippen LogP contribution in [0.15, 0.2) is 6.20 Å². The molecule has 1 aliphatic heterocycles. The van der Waals surface area contributed by atoms with Crippen molar-refractivity contribution >= 4 is 23.4 Å². The van der Waals surface area contributed by atoms with Crippen molar-refractivity contribution in [3.8, 4) is 0 Å². The van der Waals surface area contributed by atoms with Gasteiger partial charge in [-0.3, -0.25) is 0 Å². The van der Waals surface area contributed by atoms with Crippen LogP contribution in [-0.2, 0) is 0 Å². The van der Waals surface area contributed by atoms with Crippen molar-refractivity contribution in [3.05, 3.63) is 11.2 Å². The van der Waals surface area contributed by atoms with E-state index in [2.05, 4.69) is 34.0 Å². The molecule has 1 aromatic heterocycles. The highest BCUT2D eigenvalue weighted by atomic mass is 35.5. The monoisotopic (exact) mass is 268 g/mol. The Hall–Kier alpha value is -1.03. The minimum atomic E-state index is 0.505. The highest BCUT2D eigenvalue weighted by Crippen LogP contribution is 2.29. The summed E-state index contributed by atoms with van der Waals surface area (Å²) in [7, 11) is 0. The predicted molar refractivity (Wildman–Crippen MR) is 76.5 cm³/mol. The molecule has 18 heavy (non-hydrogen) atoms. The average Bonchev–Trinajstić information content (AvgIpc) is 2.39. The molecule has 1 N–H and O–H groups in total. The molecular formula is C13H21ClN4. The van der Waals surface area contributed by atoms with Crippen LogP contribution >= 0.6 is 11.6 Å². The Balaban J connectivity index is 2.19. The van der Waals surface area contributed by atoms with E-state index in [1.807, 2.05) is 0 Å². The van der Waals surface area contributed by atoms with Crippen LogP contribution in [0.5, 0.6) is 0 Å². The molecule has 1 atom stereocenters. The molecule has 1 unspecified atom stereocenters. The van der Waals surface area contributed by atoms with E-state index < -0.39 is 0 Å². The minimum absolute atomic E-state index is 0.505. The Labute approximate surface area is 114 Å². The van der Waals surface area contributed by atoms with E-state index in [0.717, 1.165) is 25.3 Å². The van der Waals surface area contributed by atoms with Crippen LogP contribution in [0.25, 0.3) is 0 Å². The highest BCUT2D eigenvalue weighted by Gasteiger charge is 2.22. The summed E-state index contributed by atoms with van der Waals surface area (Å²) in [6.07, 6.45) is 6.46. The molecule has 1 aliphatic rings. The van der Waals surface area contributed by atoms with Crippen LogP contribution in [-0.4, -0.2) is 29.1 Å². The fourth-order valence-electron chi connectivity index (χ4n) is 2.29. The van der Waals surface area contributed by atoms with Crippen molar-refractivity contribution in [2.24, 2.45) is 0 Å². The minimum Gasteiger partial charge on any atom is -0.354 e. The smallest absolute Gasteiger partial charge is 0.224 e. The second-order valence-corrected chi connectivity index (χ2v) is 5.24. The van der Waals surface area contributed by atoms with Crippen LogP contribution in [0.3, 0.4) is 0 Å². The first-order valence-corrected chi connectivity index (χ1v) is 7.13. The molecule has 1 aromatic rings. The fraction of sp³-hybridized carbons (Fsp3) is 0.692. The van der Waals surface area contributed by atoms with E-state index >= 15 is 0 Å². The normalized spacial score (nSPS) is 19.9. The highest BCUT2D eigenvalue weighted by molar-refractivity contribution is 6.32. The van der Waals surface area contributed by atoms with Crippen molar-refractivity contribution in [1.82, 2.24) is 9.97 Å². The molecular weight excluding hydrogens is 248 g/mol. The molecule has 0 spiro atoms. The fourth-order valence-corrected chi connectivity index (χ4v) is 2.49. The second-order valence-electron chi connectivity index (χ2n) is 4.83. The maximum atomic E-state index is 6.23. The molecule has 100 valence electrons. The zero-order chi connectivity index (χ0) is 13.0. The van der Waals surface area contributed by atoms with E-state index in [9.17, 15) is 0 Å². The number of nitrogens with zero attached hydrogens (tertiary/aromatic N) is 3. The van der Waals surface area contributed by atoms with Gasteiger partial charge in [0.25, 0.3) is 0 Å². The largest absolute Gasteiger partial charge is 0.354 e. The van der Waals surface area contributed by atoms with E-state index in [1.165, 1.54) is 19.3 Å². The second kappa shape index (κ2) is 6.23. The number of aromatic nitrogens is 2. The lowest BCUT2D eigenvalue weighted by Crippen LogP contribution is -2.38. The number of piperidine rings is 1. The molecule has 1 fully saturated rings. The molecule has 0 saturated carbocycles. The van der Waals surface area contributed by atoms with Crippen molar-refractivity contribution in [2.75, 3.05) is 23.3 Å². The molecule has 0 amide bonds. The van der Waals surface area contributed by atoms with Gasteiger partial charge in [0.2, 0.25) is 5.95 Å². The van der Waals surface area contributed by atoms with Gasteiger partial charge < -0.3 is 10.2 Å². The van der Waals surface area contributed by atoms with Crippen molar-refractivity contribution in [1.29, 1.82) is 0 Å². The lowest BCUT2D eigenvalue weighted by molar-refractivity contribution is 0.481. The molecule has 2 rings (SSSR count). The summed E-state index contributed by atoms with van der Waals surface area (Å²) in [6.45, 7) is 6.27. The molecule has 0 aliphatic carbocycles. The van der Waals surface area contributed by atoms with Gasteiger partial charge in [0.15, 0.2) is 5.82 Å². The lowest BCUT2D eigenvalue weighted by Gasteiger charge is -2.34. The Morgan fingerprint density at radius 2 is 2.33 bits per heavy atom. The third-order valence-corrected chi connectivity index (χ3v) is 3.60. The van der Waals surface area contributed by atoms with E-state index in [-0.39, 0.29) is 0 Å². The maximum Gasteiger partial charge on any atom is 0.224 e. The van der Waals surface area contributed by atoms with E-state index in [4.69, 9.17) is 11.6 Å². The number of rotatable bonds is 4. The summed E-state index contributed by atoms with van der Waals surface area (Å²) in [5, 5.41) is 3.85. The van der Waals surface area contributed by atoms with Crippen LogP contribution in [0.1, 0.15) is 39.5 Å². The summed E-state index contributed by atoms with van der Waals surface area (Å²) in [4.78, 5) is 11.1. The lowest BCUT2D eigenvalue weighted by atomic mass is 10.0. The van der Waals surface area contributed by atoms with Gasteiger partial charge in [-0.2, -0.15) is 4.98 Å². The summed E-state index contributed by atoms with van der Waals surface area (Å²) in [5.41, 5.74) is 0. The van der Waals surface area contributed by atoms with Gasteiger partial charge in [0.1, 0.15) is 5.02 Å². The maximum absolute atomic E-state index is 6.23. The van der Waals surface area contributed by atoms with Crippen molar-refractivity contribution in [3.63, 3.8) is 0 Å². The number of hydrogen-bond acceptors (Lipinski definition) is 4. The number of anilines is 2. The van der Waals surface area contributed by atoms with Gasteiger partial charge in [-0.1, -0.05) is 18.5 Å². The molecule has 1 saturated heterocycles. The number of halogens is 1. The number of hydrogen-bond donors (Lipinski definition) is 1. The Morgan fingerprint density at radius 3 is 3.06 bits per heavy atom. The Bertz CT molecular complexity index is 397. The number of nitrogens with one attached hydrogen (secondary N) is 1. The first kappa shape index (κ1) is 13.4. The van der Waals surface area contributed by atoms with Gasteiger partial charge in [-0.05, 0) is 32.6 Å². The van der Waals surface area contributed by atoms with Crippen molar-refractivity contribution in [2.45, 2.75) is 45.6 Å². The predicted octanol–water partition coefficient (Wildman–Crippen LogP) is 3.33. The first-order chi connectivity index (χ1) is 8.72. The SMILES string of the molecule is CCCNc1ncc(Cl)c(N2CCCCC2C)n1. The van der Waals surface area contributed by atoms with Crippen LogP contribution in [0.4, 0.5) is 11.8 Å². The summed E-state index contributed by atoms with van der Waals surface area (Å²) in [5.74, 6) is 1.55. The summed E-state index contributed by atoms with van der Waals surface area (Å²) >= 11 is 6.23. The Morgan fingerprint density at radius 1 is 1.50 bits per heavy atom. The molecule has 2 heterocycles. The molecule has 4 nitrogen and oxygen atoms in total. The first-order valence-electron chi connectivity index (χ1n) is 6.75. The van der Waals surface area contributed by atoms with E-state index in [0.29, 0.717) is 17.0 Å². The zero-order valence-corrected chi connectivity index (χ0v) is 11.9. The standard InChI is InChI=1S/C13H21ClN4/c1-3-7-15-13-16-9-11(14)12(17-13)18-8-5-4-6-10(18)2/h9-10H,3-8H2,1-2H3,(H,15,16,17). The van der Waals surface area contributed by atoms with Gasteiger partial charge >= 0.3 is 0 Å². The Kier molecular flexibility index (Phi) is 4.64. The molecule has 5 heteroatoms. The quantitative estimate of drug-likeness (QED) is 0.909. The third kappa shape index (κ3) is 3.05. The van der Waals surface area contributed by atoms with E-state index in [1.54, 1.807) is 6.20 Å². The zero-order valence-electron chi connectivity index (χ0n) is 11.1. The molecule has 0 bridgehead atoms. The molecule has 0 radical (unpaired) electrons. The third-order valence-electron chi connectivity index (χ3n) is 3.33. The van der Waals surface area contributed by atoms with Gasteiger partial charge in [-0.25, -0.2) is 4.98 Å². The van der Waals surface area contributed by atoms with Crippen molar-refractivity contribution < 1.29 is 0 Å². The molecule has 0 aromatic carbocycles. The van der Waals surface area contributed by atoms with Crippen LogP contribution in [0.2, 0.25) is 5.02 Å². The van der Waals surface area contributed by atoms with Crippen LogP contribution in [0, 0.1) is 0 Å². The van der Waals surface area contributed by atoms with Gasteiger partial charge in [0.05, 0.1) is 6.20 Å². The summed E-state index contributed by atoms with van der Waals surface area (Å²) in [6, 6.07) is 0.505. The van der Waals surface area contributed by atoms with Crippen LogP contribution < -0.4 is 10.2 Å². The topological polar surface area (TPSA) is 41.1 Å².